The Morgan fingerprint density at radius 3 is 2.58 bits per heavy atom. The van der Waals surface area contributed by atoms with E-state index in [0.717, 1.165) is 22.4 Å². The zero-order chi connectivity index (χ0) is 18.8. The van der Waals surface area contributed by atoms with Crippen molar-refractivity contribution in [3.8, 4) is 28.5 Å². The van der Waals surface area contributed by atoms with Crippen LogP contribution in [0.5, 0.6) is 0 Å². The number of rotatable bonds is 4. The molecular formula is C21H23N5. The smallest absolute Gasteiger partial charge is 0.142 e. The van der Waals surface area contributed by atoms with Crippen LogP contribution in [-0.4, -0.2) is 28.5 Å². The average Bonchev–Trinajstić information content (AvgIpc) is 3.06. The summed E-state index contributed by atoms with van der Waals surface area (Å²) in [7, 11) is 6.06. The second kappa shape index (κ2) is 7.03. The molecule has 0 spiro atoms. The molecular weight excluding hydrogens is 322 g/mol. The molecule has 3 rings (SSSR count). The van der Waals surface area contributed by atoms with Gasteiger partial charge >= 0.3 is 0 Å². The largest absolute Gasteiger partial charge is 0.383 e. The Hall–Kier alpha value is -3.10. The lowest BCUT2D eigenvalue weighted by Crippen LogP contribution is -2.16. The molecule has 5 nitrogen and oxygen atoms in total. The first-order chi connectivity index (χ1) is 12.4. The number of nitriles is 1. The Balaban J connectivity index is 2.16. The van der Waals surface area contributed by atoms with Crippen LogP contribution in [0, 0.1) is 11.3 Å². The predicted molar refractivity (Wildman–Crippen MR) is 105 cm³/mol. The van der Waals surface area contributed by atoms with E-state index in [4.69, 9.17) is 5.73 Å². The number of pyridine rings is 1. The maximum Gasteiger partial charge on any atom is 0.142 e. The highest BCUT2D eigenvalue weighted by molar-refractivity contribution is 5.80. The van der Waals surface area contributed by atoms with Crippen molar-refractivity contribution in [3.63, 3.8) is 0 Å². The van der Waals surface area contributed by atoms with Gasteiger partial charge in [0.05, 0.1) is 5.69 Å². The quantitative estimate of drug-likeness (QED) is 0.780. The molecule has 0 amide bonds. The number of aryl methyl sites for hydroxylation is 1. The van der Waals surface area contributed by atoms with Crippen LogP contribution in [0.15, 0.2) is 48.8 Å². The molecule has 5 heteroatoms. The number of hydrogen-bond acceptors (Lipinski definition) is 4. The lowest BCUT2D eigenvalue weighted by Gasteiger charge is -2.21. The van der Waals surface area contributed by atoms with Gasteiger partial charge in [0.2, 0.25) is 0 Å². The number of nitrogens with zero attached hydrogens (tertiary/aromatic N) is 4. The van der Waals surface area contributed by atoms with Gasteiger partial charge in [0.1, 0.15) is 17.5 Å². The van der Waals surface area contributed by atoms with Gasteiger partial charge in [-0.05, 0) is 50.3 Å². The maximum atomic E-state index is 9.61. The normalized spacial score (nSPS) is 12.2. The van der Waals surface area contributed by atoms with E-state index in [1.54, 1.807) is 0 Å². The summed E-state index contributed by atoms with van der Waals surface area (Å²) in [4.78, 5) is 6.59. The fourth-order valence-electron chi connectivity index (χ4n) is 2.98. The lowest BCUT2D eigenvalue weighted by atomic mass is 9.96. The minimum Gasteiger partial charge on any atom is -0.383 e. The molecule has 2 heterocycles. The Kier molecular flexibility index (Phi) is 4.79. The van der Waals surface area contributed by atoms with Crippen molar-refractivity contribution in [2.24, 2.45) is 7.05 Å². The van der Waals surface area contributed by atoms with Crippen LogP contribution < -0.4 is 5.73 Å². The minimum atomic E-state index is 0.259. The zero-order valence-corrected chi connectivity index (χ0v) is 15.6. The van der Waals surface area contributed by atoms with Gasteiger partial charge in [0.25, 0.3) is 0 Å². The number of aromatic nitrogens is 2. The van der Waals surface area contributed by atoms with Gasteiger partial charge in [-0.3, -0.25) is 0 Å². The first-order valence-electron chi connectivity index (χ1n) is 8.50. The summed E-state index contributed by atoms with van der Waals surface area (Å²) in [6.45, 7) is 2.15. The Morgan fingerprint density at radius 1 is 1.19 bits per heavy atom. The molecule has 0 unspecified atom stereocenters. The van der Waals surface area contributed by atoms with Crippen molar-refractivity contribution < 1.29 is 0 Å². The van der Waals surface area contributed by atoms with Crippen LogP contribution in [0.3, 0.4) is 0 Å². The molecule has 1 aromatic carbocycles. The topological polar surface area (TPSA) is 70.9 Å². The third kappa shape index (κ3) is 3.32. The van der Waals surface area contributed by atoms with Crippen LogP contribution in [0.25, 0.3) is 22.4 Å². The fourth-order valence-corrected chi connectivity index (χ4v) is 2.98. The van der Waals surface area contributed by atoms with E-state index in [2.05, 4.69) is 49.1 Å². The molecule has 0 aliphatic rings. The first-order valence-corrected chi connectivity index (χ1v) is 8.50. The maximum absolute atomic E-state index is 9.61. The van der Waals surface area contributed by atoms with E-state index in [1.807, 2.05) is 48.3 Å². The molecule has 1 atom stereocenters. The summed E-state index contributed by atoms with van der Waals surface area (Å²) in [5.74, 6) is 0.259. The van der Waals surface area contributed by atoms with E-state index >= 15 is 0 Å². The summed E-state index contributed by atoms with van der Waals surface area (Å²) in [6, 6.07) is 14.7. The highest BCUT2D eigenvalue weighted by atomic mass is 15.1. The molecule has 0 radical (unpaired) electrons. The molecule has 3 aromatic rings. The van der Waals surface area contributed by atoms with Crippen molar-refractivity contribution in [3.05, 3.63) is 59.9 Å². The number of nitrogens with two attached hydrogens (primary N) is 1. The zero-order valence-electron chi connectivity index (χ0n) is 15.6. The van der Waals surface area contributed by atoms with E-state index in [1.165, 1.54) is 5.56 Å². The summed E-state index contributed by atoms with van der Waals surface area (Å²) in [6.07, 6.45) is 3.95. The molecule has 0 fully saturated rings. The van der Waals surface area contributed by atoms with Gasteiger partial charge in [-0.25, -0.2) is 4.98 Å². The third-order valence-corrected chi connectivity index (χ3v) is 4.74. The third-order valence-electron chi connectivity index (χ3n) is 4.74. The van der Waals surface area contributed by atoms with Gasteiger partial charge in [0.15, 0.2) is 0 Å². The monoisotopic (exact) mass is 345 g/mol. The highest BCUT2D eigenvalue weighted by Gasteiger charge is 2.15. The minimum absolute atomic E-state index is 0.259. The first kappa shape index (κ1) is 17.7. The number of benzene rings is 1. The fraction of sp³-hybridized carbons (Fsp3) is 0.238. The van der Waals surface area contributed by atoms with Crippen molar-refractivity contribution in [2.45, 2.75) is 13.0 Å². The Bertz CT molecular complexity index is 978. The van der Waals surface area contributed by atoms with Crippen molar-refractivity contribution in [1.29, 1.82) is 5.26 Å². The second-order valence-corrected chi connectivity index (χ2v) is 6.76. The van der Waals surface area contributed by atoms with Gasteiger partial charge in [-0.1, -0.05) is 18.2 Å². The lowest BCUT2D eigenvalue weighted by molar-refractivity contribution is 0.321. The summed E-state index contributed by atoms with van der Waals surface area (Å²) < 4.78 is 1.96. The van der Waals surface area contributed by atoms with Gasteiger partial charge in [-0.2, -0.15) is 5.26 Å². The number of nitrogen functional groups attached to an aromatic ring is 1. The number of hydrogen-bond donors (Lipinski definition) is 1. The summed E-state index contributed by atoms with van der Waals surface area (Å²) in [5, 5.41) is 9.61. The van der Waals surface area contributed by atoms with E-state index in [0.29, 0.717) is 5.56 Å². The van der Waals surface area contributed by atoms with Crippen LogP contribution >= 0.6 is 0 Å². The van der Waals surface area contributed by atoms with Crippen molar-refractivity contribution in [2.75, 3.05) is 19.8 Å². The van der Waals surface area contributed by atoms with Gasteiger partial charge < -0.3 is 15.2 Å². The van der Waals surface area contributed by atoms with Crippen LogP contribution in [0.2, 0.25) is 0 Å². The van der Waals surface area contributed by atoms with Crippen LogP contribution in [0.4, 0.5) is 5.82 Å². The van der Waals surface area contributed by atoms with Gasteiger partial charge in [0, 0.05) is 36.6 Å². The molecule has 26 heavy (non-hydrogen) atoms. The molecule has 0 aliphatic carbocycles. The summed E-state index contributed by atoms with van der Waals surface area (Å²) >= 11 is 0. The second-order valence-electron chi connectivity index (χ2n) is 6.76. The predicted octanol–water partition coefficient (Wildman–Crippen LogP) is 3.83. The van der Waals surface area contributed by atoms with E-state index in [-0.39, 0.29) is 11.9 Å². The SMILES string of the molecule is C[C@@H](c1cccc(-c2cc(-c3ccn(C)c3)nc(N)c2C#N)c1)N(C)C. The Labute approximate surface area is 154 Å². The molecule has 2 aromatic heterocycles. The van der Waals surface area contributed by atoms with Crippen molar-refractivity contribution in [1.82, 2.24) is 14.5 Å². The van der Waals surface area contributed by atoms with E-state index in [9.17, 15) is 5.26 Å². The molecule has 0 saturated carbocycles. The van der Waals surface area contributed by atoms with E-state index < -0.39 is 0 Å². The molecule has 132 valence electrons. The molecule has 0 aliphatic heterocycles. The summed E-state index contributed by atoms with van der Waals surface area (Å²) in [5.41, 5.74) is 11.2. The standard InChI is InChI=1S/C21H23N5/c1-14(25(2)3)15-6-5-7-16(10-15)18-11-20(17-8-9-26(4)13-17)24-21(23)19(18)12-22/h5-11,13-14H,1-4H3,(H2,23,24)/t14-/m0/s1. The van der Waals surface area contributed by atoms with Crippen molar-refractivity contribution >= 4 is 5.82 Å². The number of anilines is 1. The van der Waals surface area contributed by atoms with Crippen LogP contribution in [0.1, 0.15) is 24.1 Å². The molecule has 0 saturated heterocycles. The molecule has 2 N–H and O–H groups in total. The van der Waals surface area contributed by atoms with Crippen LogP contribution in [-0.2, 0) is 7.05 Å². The highest BCUT2D eigenvalue weighted by Crippen LogP contribution is 2.32. The molecule has 0 bridgehead atoms. The average molecular weight is 345 g/mol. The Morgan fingerprint density at radius 2 is 1.96 bits per heavy atom. The van der Waals surface area contributed by atoms with Gasteiger partial charge in [-0.15, -0.1) is 0 Å².